The van der Waals surface area contributed by atoms with Gasteiger partial charge in [-0.1, -0.05) is 12.1 Å². The van der Waals surface area contributed by atoms with Gasteiger partial charge in [0.15, 0.2) is 0 Å². The molecule has 0 unspecified atom stereocenters. The first-order valence-corrected chi connectivity index (χ1v) is 9.05. The highest BCUT2D eigenvalue weighted by molar-refractivity contribution is 7.17. The summed E-state index contributed by atoms with van der Waals surface area (Å²) in [5.74, 6) is 0.307. The Balaban J connectivity index is 1.57. The Morgan fingerprint density at radius 3 is 2.69 bits per heavy atom. The number of aryl methyl sites for hydroxylation is 2. The largest absolute Gasteiger partial charge is 0.492 e. The molecule has 1 amide bonds. The van der Waals surface area contributed by atoms with Crippen LogP contribution in [-0.4, -0.2) is 24.0 Å². The van der Waals surface area contributed by atoms with E-state index in [0.29, 0.717) is 28.7 Å². The monoisotopic (exact) mass is 370 g/mol. The van der Waals surface area contributed by atoms with Crippen LogP contribution in [0.15, 0.2) is 48.5 Å². The van der Waals surface area contributed by atoms with E-state index in [1.165, 1.54) is 23.5 Å². The van der Waals surface area contributed by atoms with E-state index in [1.807, 2.05) is 31.2 Å². The van der Waals surface area contributed by atoms with Crippen LogP contribution in [0.4, 0.5) is 4.39 Å². The first-order valence-electron chi connectivity index (χ1n) is 8.24. The Morgan fingerprint density at radius 2 is 1.96 bits per heavy atom. The predicted octanol–water partition coefficient (Wildman–Crippen LogP) is 4.37. The molecule has 0 radical (unpaired) electrons. The van der Waals surface area contributed by atoms with Gasteiger partial charge in [-0.2, -0.15) is 0 Å². The molecule has 0 aliphatic heterocycles. The van der Waals surface area contributed by atoms with Gasteiger partial charge in [0, 0.05) is 5.56 Å². The van der Waals surface area contributed by atoms with E-state index in [2.05, 4.69) is 10.3 Å². The summed E-state index contributed by atoms with van der Waals surface area (Å²) < 4.78 is 18.7. The zero-order valence-electron chi connectivity index (χ0n) is 14.6. The molecular formula is C20H19FN2O2S. The number of ether oxygens (including phenoxy) is 1. The summed E-state index contributed by atoms with van der Waals surface area (Å²) in [6.45, 7) is 4.58. The van der Waals surface area contributed by atoms with Crippen molar-refractivity contribution in [1.82, 2.24) is 10.3 Å². The topological polar surface area (TPSA) is 51.2 Å². The molecule has 3 aromatic rings. The molecule has 1 heterocycles. The van der Waals surface area contributed by atoms with Crippen LogP contribution >= 0.6 is 11.3 Å². The van der Waals surface area contributed by atoms with Gasteiger partial charge >= 0.3 is 0 Å². The highest BCUT2D eigenvalue weighted by Gasteiger charge is 2.16. The highest BCUT2D eigenvalue weighted by Crippen LogP contribution is 2.28. The fraction of sp³-hybridized carbons (Fsp3) is 0.200. The average molecular weight is 370 g/mol. The van der Waals surface area contributed by atoms with Gasteiger partial charge in [-0.3, -0.25) is 4.79 Å². The molecule has 0 saturated heterocycles. The van der Waals surface area contributed by atoms with Crippen molar-refractivity contribution in [3.8, 4) is 16.3 Å². The van der Waals surface area contributed by atoms with E-state index < -0.39 is 0 Å². The lowest BCUT2D eigenvalue weighted by Crippen LogP contribution is -2.27. The lowest BCUT2D eigenvalue weighted by molar-refractivity contribution is 0.0950. The standard InChI is InChI=1S/C20H19FN2O2S/c1-13-4-3-5-17(12-13)25-11-10-22-19(24)18-14(2)23-20(26-18)15-6-8-16(21)9-7-15/h3-9,12H,10-11H2,1-2H3,(H,22,24). The van der Waals surface area contributed by atoms with E-state index in [4.69, 9.17) is 4.74 Å². The SMILES string of the molecule is Cc1cccc(OCCNC(=O)c2sc(-c3ccc(F)cc3)nc2C)c1. The summed E-state index contributed by atoms with van der Waals surface area (Å²) in [6.07, 6.45) is 0. The van der Waals surface area contributed by atoms with Crippen LogP contribution in [0, 0.1) is 19.7 Å². The van der Waals surface area contributed by atoms with Crippen molar-refractivity contribution in [2.75, 3.05) is 13.2 Å². The van der Waals surface area contributed by atoms with Gasteiger partial charge in [-0.05, 0) is 55.8 Å². The number of benzene rings is 2. The molecule has 0 atom stereocenters. The molecule has 0 aliphatic rings. The molecule has 134 valence electrons. The van der Waals surface area contributed by atoms with Crippen LogP contribution in [0.3, 0.4) is 0 Å². The summed E-state index contributed by atoms with van der Waals surface area (Å²) in [5, 5.41) is 3.54. The van der Waals surface area contributed by atoms with Gasteiger partial charge in [0.25, 0.3) is 5.91 Å². The van der Waals surface area contributed by atoms with Crippen molar-refractivity contribution in [3.63, 3.8) is 0 Å². The minimum Gasteiger partial charge on any atom is -0.492 e. The van der Waals surface area contributed by atoms with E-state index in [1.54, 1.807) is 19.1 Å². The number of nitrogens with zero attached hydrogens (tertiary/aromatic N) is 1. The summed E-state index contributed by atoms with van der Waals surface area (Å²) in [4.78, 5) is 17.4. The maximum absolute atomic E-state index is 13.0. The van der Waals surface area contributed by atoms with Crippen molar-refractivity contribution >= 4 is 17.2 Å². The number of hydrogen-bond donors (Lipinski definition) is 1. The first kappa shape index (κ1) is 18.1. The number of halogens is 1. The third kappa shape index (κ3) is 4.46. The Kier molecular flexibility index (Phi) is 5.63. The number of carbonyl (C=O) groups is 1. The molecule has 3 rings (SSSR count). The number of thiazole rings is 1. The van der Waals surface area contributed by atoms with Crippen LogP contribution < -0.4 is 10.1 Å². The van der Waals surface area contributed by atoms with Gasteiger partial charge < -0.3 is 10.1 Å². The van der Waals surface area contributed by atoms with E-state index in [-0.39, 0.29) is 11.7 Å². The molecule has 1 N–H and O–H groups in total. The fourth-order valence-corrected chi connectivity index (χ4v) is 3.43. The third-order valence-corrected chi connectivity index (χ3v) is 4.95. The van der Waals surface area contributed by atoms with Crippen molar-refractivity contribution in [1.29, 1.82) is 0 Å². The Morgan fingerprint density at radius 1 is 1.19 bits per heavy atom. The summed E-state index contributed by atoms with van der Waals surface area (Å²) >= 11 is 1.30. The van der Waals surface area contributed by atoms with Gasteiger partial charge in [0.2, 0.25) is 0 Å². The fourth-order valence-electron chi connectivity index (χ4n) is 2.44. The lowest BCUT2D eigenvalue weighted by atomic mass is 10.2. The maximum Gasteiger partial charge on any atom is 0.263 e. The molecule has 0 aliphatic carbocycles. The second-order valence-electron chi connectivity index (χ2n) is 5.86. The third-order valence-electron chi connectivity index (χ3n) is 3.74. The van der Waals surface area contributed by atoms with Crippen LogP contribution in [0.2, 0.25) is 0 Å². The van der Waals surface area contributed by atoms with E-state index in [0.717, 1.165) is 16.9 Å². The number of aromatic nitrogens is 1. The number of carbonyl (C=O) groups excluding carboxylic acids is 1. The molecule has 6 heteroatoms. The second kappa shape index (κ2) is 8.10. The highest BCUT2D eigenvalue weighted by atomic mass is 32.1. The quantitative estimate of drug-likeness (QED) is 0.656. The molecular weight excluding hydrogens is 351 g/mol. The first-order chi connectivity index (χ1) is 12.5. The van der Waals surface area contributed by atoms with Gasteiger partial charge in [-0.15, -0.1) is 11.3 Å². The minimum absolute atomic E-state index is 0.179. The number of amides is 1. The summed E-state index contributed by atoms with van der Waals surface area (Å²) in [5.41, 5.74) is 2.58. The lowest BCUT2D eigenvalue weighted by Gasteiger charge is -2.07. The zero-order chi connectivity index (χ0) is 18.5. The molecule has 0 spiro atoms. The van der Waals surface area contributed by atoms with Crippen molar-refractivity contribution in [2.24, 2.45) is 0 Å². The molecule has 26 heavy (non-hydrogen) atoms. The summed E-state index contributed by atoms with van der Waals surface area (Å²) in [7, 11) is 0. The number of nitrogens with one attached hydrogen (secondary N) is 1. The van der Waals surface area contributed by atoms with Gasteiger partial charge in [-0.25, -0.2) is 9.37 Å². The average Bonchev–Trinajstić information content (AvgIpc) is 3.01. The number of rotatable bonds is 6. The minimum atomic E-state index is -0.298. The van der Waals surface area contributed by atoms with Crippen LogP contribution in [0.25, 0.3) is 10.6 Å². The van der Waals surface area contributed by atoms with Gasteiger partial charge in [0.05, 0.1) is 12.2 Å². The Hall–Kier alpha value is -2.73. The van der Waals surface area contributed by atoms with E-state index >= 15 is 0 Å². The van der Waals surface area contributed by atoms with Crippen molar-refractivity contribution < 1.29 is 13.9 Å². The van der Waals surface area contributed by atoms with Crippen molar-refractivity contribution in [3.05, 3.63) is 70.5 Å². The van der Waals surface area contributed by atoms with Crippen LogP contribution in [-0.2, 0) is 0 Å². The Labute approximate surface area is 155 Å². The van der Waals surface area contributed by atoms with Crippen LogP contribution in [0.5, 0.6) is 5.75 Å². The molecule has 2 aromatic carbocycles. The summed E-state index contributed by atoms with van der Waals surface area (Å²) in [6, 6.07) is 13.8. The van der Waals surface area contributed by atoms with Gasteiger partial charge in [0.1, 0.15) is 28.1 Å². The Bertz CT molecular complexity index is 906. The molecule has 1 aromatic heterocycles. The van der Waals surface area contributed by atoms with Crippen molar-refractivity contribution in [2.45, 2.75) is 13.8 Å². The molecule has 0 saturated carbocycles. The normalized spacial score (nSPS) is 10.6. The van der Waals surface area contributed by atoms with Crippen LogP contribution in [0.1, 0.15) is 20.9 Å². The zero-order valence-corrected chi connectivity index (χ0v) is 15.4. The molecule has 0 bridgehead atoms. The number of hydrogen-bond acceptors (Lipinski definition) is 4. The predicted molar refractivity (Wildman–Crippen MR) is 101 cm³/mol. The molecule has 4 nitrogen and oxygen atoms in total. The molecule has 0 fully saturated rings. The maximum atomic E-state index is 13.0. The smallest absolute Gasteiger partial charge is 0.263 e. The van der Waals surface area contributed by atoms with E-state index in [9.17, 15) is 9.18 Å². The second-order valence-corrected chi connectivity index (χ2v) is 6.86.